The van der Waals surface area contributed by atoms with Gasteiger partial charge in [0.15, 0.2) is 0 Å². The largest absolute Gasteiger partial charge is 0.326 e. The first-order valence-corrected chi connectivity index (χ1v) is 8.29. The van der Waals surface area contributed by atoms with E-state index in [1.807, 2.05) is 32.0 Å². The maximum atomic E-state index is 12.0. The molecule has 2 aromatic rings. The molecule has 2 aromatic carbocycles. The Bertz CT molecular complexity index is 893. The van der Waals surface area contributed by atoms with E-state index in [-0.39, 0.29) is 30.0 Å². The molecule has 2 rings (SSSR count). The van der Waals surface area contributed by atoms with Gasteiger partial charge in [0.1, 0.15) is 0 Å². The van der Waals surface area contributed by atoms with Crippen molar-refractivity contribution < 1.29 is 14.5 Å². The zero-order valence-corrected chi connectivity index (χ0v) is 15.1. The summed E-state index contributed by atoms with van der Waals surface area (Å²) in [5, 5.41) is 17.4. The molecule has 0 fully saturated rings. The van der Waals surface area contributed by atoms with E-state index in [1.165, 1.54) is 18.3 Å². The first-order valence-electron chi connectivity index (χ1n) is 8.29. The van der Waals surface area contributed by atoms with Crippen molar-refractivity contribution in [2.45, 2.75) is 26.7 Å². The molecule has 0 aliphatic heterocycles. The van der Waals surface area contributed by atoms with Crippen LogP contribution in [0, 0.1) is 24.0 Å². The van der Waals surface area contributed by atoms with Crippen molar-refractivity contribution >= 4 is 29.4 Å². The molecule has 8 heteroatoms. The summed E-state index contributed by atoms with van der Waals surface area (Å²) < 4.78 is 0. The second-order valence-electron chi connectivity index (χ2n) is 5.98. The highest BCUT2D eigenvalue weighted by atomic mass is 16.6. The zero-order valence-electron chi connectivity index (χ0n) is 15.1. The Morgan fingerprint density at radius 3 is 2.52 bits per heavy atom. The number of amides is 2. The van der Waals surface area contributed by atoms with Gasteiger partial charge in [-0.25, -0.2) is 5.43 Å². The number of nitrogens with zero attached hydrogens (tertiary/aromatic N) is 2. The lowest BCUT2D eigenvalue weighted by Gasteiger charge is -2.08. The maximum absolute atomic E-state index is 12.0. The first-order chi connectivity index (χ1) is 12.9. The summed E-state index contributed by atoms with van der Waals surface area (Å²) in [4.78, 5) is 34.1. The van der Waals surface area contributed by atoms with Crippen LogP contribution >= 0.6 is 0 Å². The molecule has 8 nitrogen and oxygen atoms in total. The smallest absolute Gasteiger partial charge is 0.278 e. The molecule has 0 aliphatic rings. The van der Waals surface area contributed by atoms with Crippen LogP contribution in [0.25, 0.3) is 0 Å². The number of carbonyl (C=O) groups excluding carboxylic acids is 2. The number of anilines is 1. The Morgan fingerprint density at radius 1 is 1.11 bits per heavy atom. The van der Waals surface area contributed by atoms with E-state index in [0.29, 0.717) is 5.69 Å². The van der Waals surface area contributed by atoms with Crippen LogP contribution < -0.4 is 10.7 Å². The molecular formula is C19H20N4O4. The Morgan fingerprint density at radius 2 is 1.81 bits per heavy atom. The molecule has 0 saturated heterocycles. The van der Waals surface area contributed by atoms with Gasteiger partial charge in [-0.3, -0.25) is 19.7 Å². The Balaban J connectivity index is 1.82. The van der Waals surface area contributed by atoms with Crippen molar-refractivity contribution in [3.8, 4) is 0 Å². The third-order valence-corrected chi connectivity index (χ3v) is 3.76. The number of nitrogens with one attached hydrogen (secondary N) is 2. The van der Waals surface area contributed by atoms with Gasteiger partial charge < -0.3 is 5.32 Å². The fourth-order valence-corrected chi connectivity index (χ4v) is 2.39. The summed E-state index contributed by atoms with van der Waals surface area (Å²) in [6.07, 6.45) is 1.15. The lowest BCUT2D eigenvalue weighted by atomic mass is 10.1. The standard InChI is InChI=1S/C19H20N4O4/c1-13-7-8-16(14(2)11-13)21-18(24)9-10-19(25)22-20-12-15-5-3-4-6-17(15)23(26)27/h3-8,11-12H,9-10H2,1-2H3,(H,21,24)(H,22,25). The third kappa shape index (κ3) is 6.03. The van der Waals surface area contributed by atoms with Crippen LogP contribution in [0.3, 0.4) is 0 Å². The maximum Gasteiger partial charge on any atom is 0.278 e. The SMILES string of the molecule is Cc1ccc(NC(=O)CCC(=O)NN=Cc2ccccc2[N+](=O)[O-])c(C)c1. The summed E-state index contributed by atoms with van der Waals surface area (Å²) in [5.41, 5.74) is 5.18. The van der Waals surface area contributed by atoms with Crippen LogP contribution in [-0.2, 0) is 9.59 Å². The molecule has 0 bridgehead atoms. The van der Waals surface area contributed by atoms with E-state index < -0.39 is 10.8 Å². The number of nitro groups is 1. The Hall–Kier alpha value is -3.55. The highest BCUT2D eigenvalue weighted by Gasteiger charge is 2.11. The summed E-state index contributed by atoms with van der Waals surface area (Å²) in [5.74, 6) is -0.736. The molecular weight excluding hydrogens is 348 g/mol. The summed E-state index contributed by atoms with van der Waals surface area (Å²) in [7, 11) is 0. The van der Waals surface area contributed by atoms with Crippen molar-refractivity contribution in [2.24, 2.45) is 5.10 Å². The van der Waals surface area contributed by atoms with Crippen LogP contribution in [0.4, 0.5) is 11.4 Å². The molecule has 0 atom stereocenters. The Labute approximate surface area is 156 Å². The van der Waals surface area contributed by atoms with Crippen LogP contribution in [0.1, 0.15) is 29.5 Å². The lowest BCUT2D eigenvalue weighted by Crippen LogP contribution is -2.21. The summed E-state index contributed by atoms with van der Waals surface area (Å²) >= 11 is 0. The average molecular weight is 368 g/mol. The second-order valence-corrected chi connectivity index (χ2v) is 5.98. The van der Waals surface area contributed by atoms with E-state index in [4.69, 9.17) is 0 Å². The molecule has 2 N–H and O–H groups in total. The monoisotopic (exact) mass is 368 g/mol. The minimum absolute atomic E-state index is 0.000153. The lowest BCUT2D eigenvalue weighted by molar-refractivity contribution is -0.385. The molecule has 140 valence electrons. The number of aryl methyl sites for hydroxylation is 2. The number of para-hydroxylation sites is 1. The van der Waals surface area contributed by atoms with Crippen molar-refractivity contribution in [3.05, 3.63) is 69.3 Å². The van der Waals surface area contributed by atoms with Gasteiger partial charge in [-0.05, 0) is 31.5 Å². The van der Waals surface area contributed by atoms with Crippen molar-refractivity contribution in [2.75, 3.05) is 5.32 Å². The molecule has 0 spiro atoms. The van der Waals surface area contributed by atoms with Crippen molar-refractivity contribution in [1.29, 1.82) is 0 Å². The third-order valence-electron chi connectivity index (χ3n) is 3.76. The van der Waals surface area contributed by atoms with Crippen molar-refractivity contribution in [1.82, 2.24) is 5.43 Å². The van der Waals surface area contributed by atoms with Crippen LogP contribution in [0.2, 0.25) is 0 Å². The Kier molecular flexibility index (Phi) is 6.76. The van der Waals surface area contributed by atoms with Crippen LogP contribution in [-0.4, -0.2) is 23.0 Å². The number of hydrogen-bond acceptors (Lipinski definition) is 5. The minimum atomic E-state index is -0.527. The predicted molar refractivity (Wildman–Crippen MR) is 103 cm³/mol. The number of carbonyl (C=O) groups is 2. The van der Waals surface area contributed by atoms with Gasteiger partial charge in [-0.1, -0.05) is 29.8 Å². The molecule has 0 aliphatic carbocycles. The number of nitro benzene ring substituents is 1. The second kappa shape index (κ2) is 9.23. The normalized spacial score (nSPS) is 10.6. The van der Waals surface area contributed by atoms with Gasteiger partial charge in [-0.2, -0.15) is 5.10 Å². The zero-order chi connectivity index (χ0) is 19.8. The molecule has 0 aromatic heterocycles. The quantitative estimate of drug-likeness (QED) is 0.444. The van der Waals surface area contributed by atoms with Gasteiger partial charge in [0.2, 0.25) is 11.8 Å². The number of benzene rings is 2. The topological polar surface area (TPSA) is 114 Å². The summed E-state index contributed by atoms with van der Waals surface area (Å²) in [6.45, 7) is 3.86. The fraction of sp³-hybridized carbons (Fsp3) is 0.211. The number of hydrazone groups is 1. The number of hydrogen-bond donors (Lipinski definition) is 2. The van der Waals surface area contributed by atoms with Gasteiger partial charge in [0, 0.05) is 24.6 Å². The average Bonchev–Trinajstić information content (AvgIpc) is 2.62. The predicted octanol–water partition coefficient (Wildman–Crippen LogP) is 3.08. The van der Waals surface area contributed by atoms with Crippen LogP contribution in [0.5, 0.6) is 0 Å². The molecule has 0 saturated carbocycles. The van der Waals surface area contributed by atoms with Gasteiger partial charge >= 0.3 is 0 Å². The van der Waals surface area contributed by atoms with Gasteiger partial charge in [0.05, 0.1) is 16.7 Å². The minimum Gasteiger partial charge on any atom is -0.326 e. The molecule has 27 heavy (non-hydrogen) atoms. The molecule has 0 heterocycles. The molecule has 2 amide bonds. The summed E-state index contributed by atoms with van der Waals surface area (Å²) in [6, 6.07) is 11.7. The molecule has 0 unspecified atom stereocenters. The highest BCUT2D eigenvalue weighted by molar-refractivity contribution is 5.94. The van der Waals surface area contributed by atoms with E-state index in [2.05, 4.69) is 15.8 Å². The van der Waals surface area contributed by atoms with Gasteiger partial charge in [-0.15, -0.1) is 0 Å². The first kappa shape index (κ1) is 19.8. The highest BCUT2D eigenvalue weighted by Crippen LogP contribution is 2.16. The van der Waals surface area contributed by atoms with E-state index in [9.17, 15) is 19.7 Å². The number of rotatable bonds is 7. The van der Waals surface area contributed by atoms with E-state index in [1.54, 1.807) is 12.1 Å². The van der Waals surface area contributed by atoms with Crippen LogP contribution in [0.15, 0.2) is 47.6 Å². The van der Waals surface area contributed by atoms with Crippen molar-refractivity contribution in [3.63, 3.8) is 0 Å². The van der Waals surface area contributed by atoms with E-state index >= 15 is 0 Å². The molecule has 0 radical (unpaired) electrons. The van der Waals surface area contributed by atoms with Gasteiger partial charge in [0.25, 0.3) is 5.69 Å². The fourth-order valence-electron chi connectivity index (χ4n) is 2.39. The van der Waals surface area contributed by atoms with E-state index in [0.717, 1.165) is 11.1 Å².